The topological polar surface area (TPSA) is 54.9 Å². The van der Waals surface area contributed by atoms with Crippen molar-refractivity contribution in [2.75, 3.05) is 33.3 Å². The van der Waals surface area contributed by atoms with E-state index in [1.807, 2.05) is 54.6 Å². The highest BCUT2D eigenvalue weighted by atomic mass is 32.1. The molecule has 2 fully saturated rings. The van der Waals surface area contributed by atoms with E-state index in [1.165, 1.54) is 18.2 Å². The van der Waals surface area contributed by atoms with Crippen molar-refractivity contribution < 1.29 is 14.3 Å². The molecule has 36 heavy (non-hydrogen) atoms. The zero-order chi connectivity index (χ0) is 24.5. The number of thiazole rings is 1. The van der Waals surface area contributed by atoms with Gasteiger partial charge in [0.1, 0.15) is 5.75 Å². The van der Waals surface area contributed by atoms with Crippen LogP contribution in [-0.2, 0) is 17.8 Å². The Balaban J connectivity index is 0.990. The van der Waals surface area contributed by atoms with Crippen molar-refractivity contribution >= 4 is 27.5 Å². The van der Waals surface area contributed by atoms with Gasteiger partial charge in [-0.1, -0.05) is 47.7 Å². The summed E-state index contributed by atoms with van der Waals surface area (Å²) in [7, 11) is 1.41. The number of ether oxygens (including phenoxy) is 2. The lowest BCUT2D eigenvalue weighted by atomic mass is 10.0. The van der Waals surface area contributed by atoms with Gasteiger partial charge in [-0.15, -0.1) is 0 Å². The van der Waals surface area contributed by atoms with Gasteiger partial charge in [0, 0.05) is 39.3 Å². The molecule has 0 radical (unpaired) electrons. The van der Waals surface area contributed by atoms with Crippen molar-refractivity contribution in [3.05, 3.63) is 89.5 Å². The van der Waals surface area contributed by atoms with Gasteiger partial charge in [0.2, 0.25) is 0 Å². The second kappa shape index (κ2) is 10.0. The molecule has 0 bridgehead atoms. The first-order valence-corrected chi connectivity index (χ1v) is 13.2. The van der Waals surface area contributed by atoms with Crippen LogP contribution in [0.15, 0.2) is 72.8 Å². The molecule has 4 aromatic rings. The molecule has 0 spiro atoms. The normalized spacial score (nSPS) is 20.0. The number of carbonyl (C=O) groups is 1. The summed E-state index contributed by atoms with van der Waals surface area (Å²) >= 11 is 1.57. The monoisotopic (exact) mass is 499 g/mol. The van der Waals surface area contributed by atoms with Gasteiger partial charge in [-0.05, 0) is 59.4 Å². The highest BCUT2D eigenvalue weighted by Gasteiger charge is 2.39. The molecule has 2 saturated heterocycles. The number of carbonyl (C=O) groups excluding carboxylic acids is 1. The number of hydrogen-bond acceptors (Lipinski definition) is 7. The fourth-order valence-corrected chi connectivity index (χ4v) is 6.32. The van der Waals surface area contributed by atoms with Crippen molar-refractivity contribution in [2.45, 2.75) is 13.1 Å². The standard InChI is InChI=1S/C29H29N3O3S/c1-34-28(33)22-10-6-20(7-11-22)14-31-16-23-18-32(19-24(23)17-31)15-21-8-12-25(13-9-21)35-29-30-26-4-2-3-5-27(26)36-29/h2-13,23-24H,14-19H2,1H3. The number of benzene rings is 3. The number of fused-ring (bicyclic) bond motifs is 2. The van der Waals surface area contributed by atoms with Crippen LogP contribution in [0.2, 0.25) is 0 Å². The predicted molar refractivity (Wildman–Crippen MR) is 141 cm³/mol. The van der Waals surface area contributed by atoms with Crippen LogP contribution in [0.1, 0.15) is 21.5 Å². The fraction of sp³-hybridized carbons (Fsp3) is 0.310. The SMILES string of the molecule is COC(=O)c1ccc(CN2CC3CN(Cc4ccc(Oc5nc6ccccc6s5)cc4)CC3C2)cc1. The van der Waals surface area contributed by atoms with E-state index in [9.17, 15) is 4.79 Å². The number of methoxy groups -OCH3 is 1. The summed E-state index contributed by atoms with van der Waals surface area (Å²) in [6.07, 6.45) is 0. The maximum Gasteiger partial charge on any atom is 0.337 e. The molecule has 6 rings (SSSR count). The molecule has 0 saturated carbocycles. The first kappa shape index (κ1) is 23.2. The van der Waals surface area contributed by atoms with Crippen molar-refractivity contribution in [2.24, 2.45) is 11.8 Å². The third-order valence-electron chi connectivity index (χ3n) is 7.23. The summed E-state index contributed by atoms with van der Waals surface area (Å²) in [5.74, 6) is 1.99. The van der Waals surface area contributed by atoms with Crippen LogP contribution in [0.5, 0.6) is 10.9 Å². The van der Waals surface area contributed by atoms with E-state index < -0.39 is 0 Å². The smallest absolute Gasteiger partial charge is 0.337 e. The van der Waals surface area contributed by atoms with Crippen LogP contribution < -0.4 is 4.74 Å². The molecule has 2 aliphatic rings. The minimum atomic E-state index is -0.285. The molecule has 7 heteroatoms. The lowest BCUT2D eigenvalue weighted by molar-refractivity contribution is 0.0600. The van der Waals surface area contributed by atoms with Crippen LogP contribution in [0, 0.1) is 11.8 Å². The molecule has 2 atom stereocenters. The Kier molecular flexibility index (Phi) is 6.44. The van der Waals surface area contributed by atoms with Crippen molar-refractivity contribution in [3.8, 4) is 10.9 Å². The van der Waals surface area contributed by atoms with E-state index in [1.54, 1.807) is 11.3 Å². The van der Waals surface area contributed by atoms with Gasteiger partial charge in [0.05, 0.1) is 22.9 Å². The summed E-state index contributed by atoms with van der Waals surface area (Å²) in [6.45, 7) is 6.47. The largest absolute Gasteiger partial charge is 0.465 e. The van der Waals surface area contributed by atoms with Crippen LogP contribution in [0.4, 0.5) is 0 Å². The van der Waals surface area contributed by atoms with E-state index in [-0.39, 0.29) is 5.97 Å². The van der Waals surface area contributed by atoms with Gasteiger partial charge >= 0.3 is 5.97 Å². The lowest BCUT2D eigenvalue weighted by Crippen LogP contribution is -2.28. The molecule has 2 aliphatic heterocycles. The Morgan fingerprint density at radius 1 is 0.861 bits per heavy atom. The molecule has 184 valence electrons. The summed E-state index contributed by atoms with van der Waals surface area (Å²) in [5, 5.41) is 0.681. The number of para-hydroxylation sites is 1. The highest BCUT2D eigenvalue weighted by molar-refractivity contribution is 7.20. The van der Waals surface area contributed by atoms with Gasteiger partial charge in [-0.3, -0.25) is 9.80 Å². The van der Waals surface area contributed by atoms with E-state index >= 15 is 0 Å². The number of aromatic nitrogens is 1. The van der Waals surface area contributed by atoms with Crippen LogP contribution >= 0.6 is 11.3 Å². The van der Waals surface area contributed by atoms with E-state index in [2.05, 4.69) is 33.0 Å². The van der Waals surface area contributed by atoms with Gasteiger partial charge in [-0.2, -0.15) is 0 Å². The number of nitrogens with zero attached hydrogens (tertiary/aromatic N) is 3. The van der Waals surface area contributed by atoms with E-state index in [4.69, 9.17) is 9.47 Å². The minimum Gasteiger partial charge on any atom is -0.465 e. The zero-order valence-electron chi connectivity index (χ0n) is 20.3. The molecular formula is C29H29N3O3S. The van der Waals surface area contributed by atoms with Crippen molar-refractivity contribution in [1.29, 1.82) is 0 Å². The van der Waals surface area contributed by atoms with Crippen molar-refractivity contribution in [3.63, 3.8) is 0 Å². The number of esters is 1. The molecule has 0 N–H and O–H groups in total. The Morgan fingerprint density at radius 3 is 2.03 bits per heavy atom. The summed E-state index contributed by atoms with van der Waals surface area (Å²) in [5.41, 5.74) is 4.14. The number of likely N-dealkylation sites (tertiary alicyclic amines) is 2. The molecule has 0 amide bonds. The molecule has 3 aromatic carbocycles. The van der Waals surface area contributed by atoms with Crippen LogP contribution in [-0.4, -0.2) is 54.0 Å². The second-order valence-electron chi connectivity index (χ2n) is 9.79. The molecule has 1 aromatic heterocycles. The van der Waals surface area contributed by atoms with E-state index in [0.29, 0.717) is 10.8 Å². The Bertz CT molecular complexity index is 1310. The van der Waals surface area contributed by atoms with Gasteiger partial charge in [-0.25, -0.2) is 9.78 Å². The first-order chi connectivity index (χ1) is 17.6. The van der Waals surface area contributed by atoms with Gasteiger partial charge in [0.25, 0.3) is 5.19 Å². The van der Waals surface area contributed by atoms with Crippen molar-refractivity contribution in [1.82, 2.24) is 14.8 Å². The van der Waals surface area contributed by atoms with Crippen LogP contribution in [0.3, 0.4) is 0 Å². The number of hydrogen-bond donors (Lipinski definition) is 0. The Labute approximate surface area is 215 Å². The third-order valence-corrected chi connectivity index (χ3v) is 8.14. The quantitative estimate of drug-likeness (QED) is 0.316. The zero-order valence-corrected chi connectivity index (χ0v) is 21.1. The maximum absolute atomic E-state index is 11.6. The maximum atomic E-state index is 11.6. The molecule has 3 heterocycles. The average Bonchev–Trinajstić information content (AvgIpc) is 3.58. The fourth-order valence-electron chi connectivity index (χ4n) is 5.48. The first-order valence-electron chi connectivity index (χ1n) is 12.4. The Hall–Kier alpha value is -3.26. The lowest BCUT2D eigenvalue weighted by Gasteiger charge is -2.21. The van der Waals surface area contributed by atoms with Gasteiger partial charge in [0.15, 0.2) is 0 Å². The summed E-state index contributed by atoms with van der Waals surface area (Å²) in [4.78, 5) is 21.3. The second-order valence-corrected chi connectivity index (χ2v) is 10.8. The predicted octanol–water partition coefficient (Wildman–Crippen LogP) is 5.44. The van der Waals surface area contributed by atoms with Crippen LogP contribution in [0.25, 0.3) is 10.2 Å². The Morgan fingerprint density at radius 2 is 1.44 bits per heavy atom. The molecule has 2 unspecified atom stereocenters. The minimum absolute atomic E-state index is 0.285. The highest BCUT2D eigenvalue weighted by Crippen LogP contribution is 2.34. The molecule has 6 nitrogen and oxygen atoms in total. The van der Waals surface area contributed by atoms with E-state index in [0.717, 1.165) is 67.1 Å². The molecular weight excluding hydrogens is 470 g/mol. The molecule has 0 aliphatic carbocycles. The summed E-state index contributed by atoms with van der Waals surface area (Å²) in [6, 6.07) is 24.3. The third kappa shape index (κ3) is 5.00. The number of rotatable bonds is 7. The van der Waals surface area contributed by atoms with Gasteiger partial charge < -0.3 is 9.47 Å². The average molecular weight is 500 g/mol. The summed E-state index contributed by atoms with van der Waals surface area (Å²) < 4.78 is 11.9.